The lowest BCUT2D eigenvalue weighted by atomic mass is 10.3. The van der Waals surface area contributed by atoms with Gasteiger partial charge in [-0.1, -0.05) is 0 Å². The van der Waals surface area contributed by atoms with Crippen molar-refractivity contribution in [2.75, 3.05) is 6.61 Å². The van der Waals surface area contributed by atoms with Crippen molar-refractivity contribution in [2.24, 2.45) is 0 Å². The first kappa shape index (κ1) is 22.8. The van der Waals surface area contributed by atoms with Gasteiger partial charge in [-0.3, -0.25) is 4.52 Å². The lowest BCUT2D eigenvalue weighted by Crippen LogP contribution is -2.13. The average Bonchev–Trinajstić information content (AvgIpc) is 2.69. The van der Waals surface area contributed by atoms with Crippen LogP contribution >= 0.6 is 7.82 Å². The van der Waals surface area contributed by atoms with Gasteiger partial charge in [-0.15, -0.1) is 0 Å². The van der Waals surface area contributed by atoms with Gasteiger partial charge >= 0.3 is 7.82 Å². The molecule has 15 heteroatoms. The second kappa shape index (κ2) is 8.11. The maximum Gasteiger partial charge on any atom is 0.587 e. The number of benzene rings is 2. The smallest absolute Gasteiger partial charge is 0.389 e. The van der Waals surface area contributed by atoms with E-state index < -0.39 is 84.1 Å². The standard InChI is InChI=1S/C14H5F10O4P/c1-2-26-29(25,27-13-9(21)5(17)3(15)6(18)10(13)22)28-14-11(23)7(19)4(16)8(20)12(14)24/h2H2,1H3. The second-order valence-corrected chi connectivity index (χ2v) is 6.36. The molecule has 0 radical (unpaired) electrons. The van der Waals surface area contributed by atoms with Crippen LogP contribution in [-0.4, -0.2) is 6.61 Å². The molecule has 0 aliphatic heterocycles. The largest absolute Gasteiger partial charge is 0.587 e. The Labute approximate surface area is 154 Å². The molecule has 0 saturated heterocycles. The second-order valence-electron chi connectivity index (χ2n) is 4.85. The van der Waals surface area contributed by atoms with Crippen LogP contribution in [-0.2, 0) is 9.09 Å². The Kier molecular flexibility index (Phi) is 6.38. The molecule has 2 rings (SSSR count). The van der Waals surface area contributed by atoms with Gasteiger partial charge in [0.05, 0.1) is 6.61 Å². The van der Waals surface area contributed by atoms with Crippen molar-refractivity contribution < 1.29 is 62.0 Å². The quantitative estimate of drug-likeness (QED) is 0.242. The van der Waals surface area contributed by atoms with Crippen LogP contribution < -0.4 is 9.05 Å². The molecule has 0 aliphatic rings. The summed E-state index contributed by atoms with van der Waals surface area (Å²) >= 11 is 0. The van der Waals surface area contributed by atoms with Gasteiger partial charge in [0.1, 0.15) is 0 Å². The van der Waals surface area contributed by atoms with Crippen LogP contribution in [0.1, 0.15) is 6.92 Å². The summed E-state index contributed by atoms with van der Waals surface area (Å²) in [6.07, 6.45) is 0. The highest BCUT2D eigenvalue weighted by Crippen LogP contribution is 2.52. The summed E-state index contributed by atoms with van der Waals surface area (Å²) in [6, 6.07) is 0. The molecule has 160 valence electrons. The van der Waals surface area contributed by atoms with E-state index in [-0.39, 0.29) is 0 Å². The topological polar surface area (TPSA) is 44.8 Å². The van der Waals surface area contributed by atoms with E-state index in [1.54, 1.807) is 0 Å². The van der Waals surface area contributed by atoms with Gasteiger partial charge in [-0.2, -0.15) is 17.6 Å². The minimum absolute atomic E-state index is 0.790. The van der Waals surface area contributed by atoms with Crippen molar-refractivity contribution in [3.05, 3.63) is 58.2 Å². The van der Waals surface area contributed by atoms with E-state index in [1.165, 1.54) is 0 Å². The summed E-state index contributed by atoms with van der Waals surface area (Å²) in [7, 11) is -5.75. The number of hydrogen-bond donors (Lipinski definition) is 0. The molecular weight excluding hydrogens is 453 g/mol. The Morgan fingerprint density at radius 3 is 1.03 bits per heavy atom. The van der Waals surface area contributed by atoms with Crippen molar-refractivity contribution >= 4 is 7.82 Å². The van der Waals surface area contributed by atoms with Gasteiger partial charge in [0.2, 0.25) is 69.7 Å². The first-order valence-corrected chi connectivity index (χ1v) is 8.48. The fraction of sp³-hybridized carbons (Fsp3) is 0.143. The summed E-state index contributed by atoms with van der Waals surface area (Å²) in [6.45, 7) is 0.207. The van der Waals surface area contributed by atoms with Crippen molar-refractivity contribution in [1.29, 1.82) is 0 Å². The SMILES string of the molecule is CCOP(=O)(Oc1c(F)c(F)c(F)c(F)c1F)Oc1c(F)c(F)c(F)c(F)c1F. The molecule has 2 aromatic carbocycles. The maximum absolute atomic E-state index is 13.7. The van der Waals surface area contributed by atoms with E-state index in [0.29, 0.717) is 0 Å². The van der Waals surface area contributed by atoms with Gasteiger partial charge in [-0.05, 0) is 6.92 Å². The summed E-state index contributed by atoms with van der Waals surface area (Å²) in [5.41, 5.74) is 0. The van der Waals surface area contributed by atoms with Crippen molar-refractivity contribution in [2.45, 2.75) is 6.92 Å². The molecule has 0 atom stereocenters. The lowest BCUT2D eigenvalue weighted by molar-refractivity contribution is 0.202. The molecule has 0 bridgehead atoms. The minimum atomic E-state index is -5.75. The Morgan fingerprint density at radius 1 is 0.552 bits per heavy atom. The summed E-state index contributed by atoms with van der Waals surface area (Å²) < 4.78 is 158. The third-order valence-corrected chi connectivity index (χ3v) is 4.42. The van der Waals surface area contributed by atoms with Crippen molar-refractivity contribution in [3.63, 3.8) is 0 Å². The Morgan fingerprint density at radius 2 is 0.793 bits per heavy atom. The van der Waals surface area contributed by atoms with Gasteiger partial charge in [0.15, 0.2) is 0 Å². The molecule has 0 amide bonds. The fourth-order valence-electron chi connectivity index (χ4n) is 1.78. The Balaban J connectivity index is 2.61. The molecule has 0 spiro atoms. The lowest BCUT2D eigenvalue weighted by Gasteiger charge is -2.20. The van der Waals surface area contributed by atoms with E-state index in [4.69, 9.17) is 0 Å². The van der Waals surface area contributed by atoms with Crippen LogP contribution in [0.25, 0.3) is 0 Å². The maximum atomic E-state index is 13.7. The number of phosphoric ester groups is 1. The highest BCUT2D eigenvalue weighted by Gasteiger charge is 2.40. The normalized spacial score (nSPS) is 11.7. The van der Waals surface area contributed by atoms with E-state index in [2.05, 4.69) is 13.6 Å². The van der Waals surface area contributed by atoms with Crippen molar-refractivity contribution in [3.8, 4) is 11.5 Å². The molecule has 4 nitrogen and oxygen atoms in total. The zero-order chi connectivity index (χ0) is 22.3. The van der Waals surface area contributed by atoms with E-state index in [1.807, 2.05) is 0 Å². The van der Waals surface area contributed by atoms with E-state index in [9.17, 15) is 48.5 Å². The third-order valence-electron chi connectivity index (χ3n) is 3.03. The summed E-state index contributed by atoms with van der Waals surface area (Å²) in [4.78, 5) is 0. The molecule has 0 aliphatic carbocycles. The predicted molar refractivity (Wildman–Crippen MR) is 73.0 cm³/mol. The van der Waals surface area contributed by atoms with Crippen molar-refractivity contribution in [1.82, 2.24) is 0 Å². The van der Waals surface area contributed by atoms with E-state index in [0.717, 1.165) is 6.92 Å². The minimum Gasteiger partial charge on any atom is -0.389 e. The molecule has 0 unspecified atom stereocenters. The van der Waals surface area contributed by atoms with Crippen LogP contribution in [0.4, 0.5) is 43.9 Å². The van der Waals surface area contributed by atoms with Gasteiger partial charge in [0, 0.05) is 0 Å². The molecule has 0 saturated carbocycles. The molecule has 0 aromatic heterocycles. The number of hydrogen-bond acceptors (Lipinski definition) is 4. The first-order valence-electron chi connectivity index (χ1n) is 7.02. The molecule has 2 aromatic rings. The number of phosphoric acid groups is 1. The molecule has 0 fully saturated rings. The van der Waals surface area contributed by atoms with Crippen LogP contribution in [0.5, 0.6) is 11.5 Å². The van der Waals surface area contributed by atoms with E-state index >= 15 is 0 Å². The zero-order valence-corrected chi connectivity index (χ0v) is 14.5. The van der Waals surface area contributed by atoms with Crippen LogP contribution in [0, 0.1) is 58.2 Å². The van der Waals surface area contributed by atoms with Gasteiger partial charge < -0.3 is 9.05 Å². The Hall–Kier alpha value is -2.47. The number of halogens is 10. The third kappa shape index (κ3) is 3.99. The monoisotopic (exact) mass is 458 g/mol. The predicted octanol–water partition coefficient (Wildman–Crippen LogP) is 5.68. The highest BCUT2D eigenvalue weighted by molar-refractivity contribution is 7.49. The van der Waals surface area contributed by atoms with Gasteiger partial charge in [-0.25, -0.2) is 30.9 Å². The molecular formula is C14H5F10O4P. The zero-order valence-electron chi connectivity index (χ0n) is 13.6. The van der Waals surface area contributed by atoms with Crippen LogP contribution in [0.2, 0.25) is 0 Å². The molecule has 0 heterocycles. The number of rotatable bonds is 6. The Bertz CT molecular complexity index is 895. The van der Waals surface area contributed by atoms with Crippen LogP contribution in [0.3, 0.4) is 0 Å². The summed E-state index contributed by atoms with van der Waals surface area (Å²) in [5, 5.41) is 0. The average molecular weight is 458 g/mol. The van der Waals surface area contributed by atoms with Gasteiger partial charge in [0.25, 0.3) is 0 Å². The fourth-order valence-corrected chi connectivity index (χ4v) is 3.01. The first-order chi connectivity index (χ1) is 13.4. The molecule has 0 N–H and O–H groups in total. The highest BCUT2D eigenvalue weighted by atomic mass is 31.2. The molecule has 29 heavy (non-hydrogen) atoms. The summed E-state index contributed by atoms with van der Waals surface area (Å²) in [5.74, 6) is -30.7. The van der Waals surface area contributed by atoms with Crippen LogP contribution in [0.15, 0.2) is 0 Å².